The van der Waals surface area contributed by atoms with Crippen LogP contribution >= 0.6 is 15.9 Å². The Morgan fingerprint density at radius 1 is 1.04 bits per heavy atom. The zero-order valence-electron chi connectivity index (χ0n) is 16.5. The molecule has 3 rings (SSSR count). The van der Waals surface area contributed by atoms with Crippen molar-refractivity contribution in [3.63, 3.8) is 0 Å². The van der Waals surface area contributed by atoms with Gasteiger partial charge in [0, 0.05) is 49.8 Å². The smallest absolute Gasteiger partial charge is 0.236 e. The van der Waals surface area contributed by atoms with Crippen LogP contribution in [0.25, 0.3) is 0 Å². The maximum atomic E-state index is 12.6. The van der Waals surface area contributed by atoms with Crippen molar-refractivity contribution in [2.45, 2.75) is 37.1 Å². The quantitative estimate of drug-likeness (QED) is 0.636. The number of carbonyl (C=O) groups excluding carboxylic acids is 1. The molecule has 1 aromatic carbocycles. The molecular formula is C20H30BrN3O3S. The molecule has 1 amide bonds. The lowest BCUT2D eigenvalue weighted by molar-refractivity contribution is -0.136. The van der Waals surface area contributed by atoms with E-state index in [0.717, 1.165) is 50.0 Å². The van der Waals surface area contributed by atoms with E-state index in [2.05, 4.69) is 32.7 Å². The topological polar surface area (TPSA) is 60.9 Å². The number of halogens is 1. The van der Waals surface area contributed by atoms with Gasteiger partial charge in [-0.1, -0.05) is 15.9 Å². The van der Waals surface area contributed by atoms with Gasteiger partial charge < -0.3 is 4.90 Å². The fourth-order valence-corrected chi connectivity index (χ4v) is 5.48. The number of hydrogen-bond acceptors (Lipinski definition) is 5. The molecule has 28 heavy (non-hydrogen) atoms. The van der Waals surface area contributed by atoms with Crippen molar-refractivity contribution in [1.29, 1.82) is 0 Å². The van der Waals surface area contributed by atoms with Gasteiger partial charge in [0.15, 0.2) is 9.84 Å². The molecule has 8 heteroatoms. The Morgan fingerprint density at radius 2 is 1.68 bits per heavy atom. The zero-order chi connectivity index (χ0) is 20.1. The van der Waals surface area contributed by atoms with Crippen molar-refractivity contribution in [2.75, 3.05) is 51.6 Å². The van der Waals surface area contributed by atoms with E-state index >= 15 is 0 Å². The third-order valence-corrected chi connectivity index (χ3v) is 8.04. The number of piperidine rings is 1. The van der Waals surface area contributed by atoms with Crippen LogP contribution < -0.4 is 0 Å². The van der Waals surface area contributed by atoms with E-state index in [-0.39, 0.29) is 11.7 Å². The molecule has 1 aromatic rings. The number of carbonyl (C=O) groups is 1. The van der Waals surface area contributed by atoms with E-state index in [1.807, 2.05) is 4.90 Å². The summed E-state index contributed by atoms with van der Waals surface area (Å²) in [7, 11) is -3.27. The van der Waals surface area contributed by atoms with Crippen LogP contribution in [0.5, 0.6) is 0 Å². The SMILES string of the molecule is CC1CCCCN1C(=O)CN1CCN(CCS(=O)(=O)c2ccc(Br)cc2)CC1. The molecule has 1 atom stereocenters. The Kier molecular flexibility index (Phi) is 7.53. The fraction of sp³-hybridized carbons (Fsp3) is 0.650. The van der Waals surface area contributed by atoms with Gasteiger partial charge in [0.05, 0.1) is 17.2 Å². The number of benzene rings is 1. The van der Waals surface area contributed by atoms with E-state index in [9.17, 15) is 13.2 Å². The summed E-state index contributed by atoms with van der Waals surface area (Å²) in [5, 5.41) is 0. The highest BCUT2D eigenvalue weighted by molar-refractivity contribution is 9.10. The average Bonchev–Trinajstić information content (AvgIpc) is 2.68. The standard InChI is InChI=1S/C20H30BrN3O3S/c1-17-4-2-3-9-24(17)20(25)16-23-12-10-22(11-13-23)14-15-28(26,27)19-7-5-18(21)6-8-19/h5-8,17H,2-4,9-16H2,1H3. The van der Waals surface area contributed by atoms with Gasteiger partial charge in [-0.05, 0) is 50.5 Å². The summed E-state index contributed by atoms with van der Waals surface area (Å²) in [5.74, 6) is 0.359. The number of sulfone groups is 1. The van der Waals surface area contributed by atoms with Gasteiger partial charge in [0.25, 0.3) is 0 Å². The minimum absolute atomic E-state index is 0.124. The second-order valence-electron chi connectivity index (χ2n) is 7.82. The second-order valence-corrected chi connectivity index (χ2v) is 10.8. The highest BCUT2D eigenvalue weighted by Gasteiger charge is 2.26. The van der Waals surface area contributed by atoms with Crippen molar-refractivity contribution < 1.29 is 13.2 Å². The molecule has 0 N–H and O–H groups in total. The summed E-state index contributed by atoms with van der Waals surface area (Å²) in [6, 6.07) is 7.15. The lowest BCUT2D eigenvalue weighted by Gasteiger charge is -2.38. The van der Waals surface area contributed by atoms with Crippen LogP contribution in [0.15, 0.2) is 33.6 Å². The lowest BCUT2D eigenvalue weighted by Crippen LogP contribution is -2.52. The first kappa shape index (κ1) is 21.7. The molecule has 2 heterocycles. The molecule has 2 aliphatic rings. The molecular weight excluding hydrogens is 442 g/mol. The van der Waals surface area contributed by atoms with Gasteiger partial charge >= 0.3 is 0 Å². The van der Waals surface area contributed by atoms with Gasteiger partial charge in [-0.3, -0.25) is 14.6 Å². The van der Waals surface area contributed by atoms with E-state index in [0.29, 0.717) is 24.0 Å². The molecule has 0 spiro atoms. The van der Waals surface area contributed by atoms with Gasteiger partial charge in [0.1, 0.15) is 0 Å². The van der Waals surface area contributed by atoms with Gasteiger partial charge in [-0.25, -0.2) is 8.42 Å². The molecule has 0 saturated carbocycles. The number of rotatable bonds is 6. The molecule has 0 aliphatic carbocycles. The van der Waals surface area contributed by atoms with E-state index in [1.165, 1.54) is 6.42 Å². The number of amides is 1. The van der Waals surface area contributed by atoms with Crippen LogP contribution in [-0.2, 0) is 14.6 Å². The van der Waals surface area contributed by atoms with Crippen LogP contribution in [0.2, 0.25) is 0 Å². The Bertz CT molecular complexity index is 761. The van der Waals surface area contributed by atoms with Crippen LogP contribution in [0.4, 0.5) is 0 Å². The van der Waals surface area contributed by atoms with Gasteiger partial charge in [-0.2, -0.15) is 0 Å². The summed E-state index contributed by atoms with van der Waals surface area (Å²) >= 11 is 3.33. The van der Waals surface area contributed by atoms with Gasteiger partial charge in [-0.15, -0.1) is 0 Å². The van der Waals surface area contributed by atoms with Crippen molar-refractivity contribution in [3.8, 4) is 0 Å². The third kappa shape index (κ3) is 5.78. The average molecular weight is 472 g/mol. The maximum Gasteiger partial charge on any atom is 0.236 e. The highest BCUT2D eigenvalue weighted by Crippen LogP contribution is 2.18. The molecule has 0 radical (unpaired) electrons. The van der Waals surface area contributed by atoms with Crippen molar-refractivity contribution in [3.05, 3.63) is 28.7 Å². The monoisotopic (exact) mass is 471 g/mol. The molecule has 0 aromatic heterocycles. The van der Waals surface area contributed by atoms with Gasteiger partial charge in [0.2, 0.25) is 5.91 Å². The number of piperazine rings is 1. The first-order chi connectivity index (χ1) is 13.3. The van der Waals surface area contributed by atoms with Crippen LogP contribution in [0, 0.1) is 0 Å². The minimum Gasteiger partial charge on any atom is -0.339 e. The highest BCUT2D eigenvalue weighted by atomic mass is 79.9. The first-order valence-corrected chi connectivity index (χ1v) is 12.5. The Balaban J connectivity index is 1.42. The Morgan fingerprint density at radius 3 is 2.32 bits per heavy atom. The first-order valence-electron chi connectivity index (χ1n) is 10.1. The second kappa shape index (κ2) is 9.69. The molecule has 156 valence electrons. The Hall–Kier alpha value is -0.960. The summed E-state index contributed by atoms with van der Waals surface area (Å²) < 4.78 is 25.9. The van der Waals surface area contributed by atoms with Crippen molar-refractivity contribution in [2.24, 2.45) is 0 Å². The molecule has 1 unspecified atom stereocenters. The summed E-state index contributed by atoms with van der Waals surface area (Å²) in [6.07, 6.45) is 3.43. The van der Waals surface area contributed by atoms with Crippen molar-refractivity contribution in [1.82, 2.24) is 14.7 Å². The minimum atomic E-state index is -3.27. The predicted molar refractivity (Wildman–Crippen MR) is 114 cm³/mol. The van der Waals surface area contributed by atoms with Crippen LogP contribution in [0.3, 0.4) is 0 Å². The molecule has 0 bridgehead atoms. The fourth-order valence-electron chi connectivity index (χ4n) is 3.93. The number of hydrogen-bond donors (Lipinski definition) is 0. The summed E-state index contributed by atoms with van der Waals surface area (Å²) in [5.41, 5.74) is 0. The summed E-state index contributed by atoms with van der Waals surface area (Å²) in [4.78, 5) is 19.4. The van der Waals surface area contributed by atoms with E-state index in [4.69, 9.17) is 0 Å². The van der Waals surface area contributed by atoms with E-state index < -0.39 is 9.84 Å². The lowest BCUT2D eigenvalue weighted by atomic mass is 10.0. The molecule has 6 nitrogen and oxygen atoms in total. The zero-order valence-corrected chi connectivity index (χ0v) is 18.9. The summed E-state index contributed by atoms with van der Waals surface area (Å²) in [6.45, 7) is 7.27. The molecule has 2 aliphatic heterocycles. The van der Waals surface area contributed by atoms with E-state index in [1.54, 1.807) is 24.3 Å². The van der Waals surface area contributed by atoms with Crippen molar-refractivity contribution >= 4 is 31.7 Å². The van der Waals surface area contributed by atoms with Crippen LogP contribution in [-0.4, -0.2) is 86.6 Å². The predicted octanol–water partition coefficient (Wildman–Crippen LogP) is 2.24. The normalized spacial score (nSPS) is 22.4. The molecule has 2 saturated heterocycles. The maximum absolute atomic E-state index is 12.6. The third-order valence-electron chi connectivity index (χ3n) is 5.80. The number of nitrogens with zero attached hydrogens (tertiary/aromatic N) is 3. The molecule has 2 fully saturated rings. The number of likely N-dealkylation sites (tertiary alicyclic amines) is 1. The largest absolute Gasteiger partial charge is 0.339 e. The Labute approximate surface area is 176 Å². The van der Waals surface area contributed by atoms with Crippen LogP contribution in [0.1, 0.15) is 26.2 Å².